The predicted molar refractivity (Wildman–Crippen MR) is 105 cm³/mol. The SMILES string of the molecule is O=C(COc1ccc(Cl)c(Cl)c1)NCc1ccc(OCC2CCCO2)cc1. The number of rotatable bonds is 8. The average Bonchev–Trinajstić information content (AvgIpc) is 3.20. The summed E-state index contributed by atoms with van der Waals surface area (Å²) in [5.74, 6) is 1.07. The molecule has 3 rings (SSSR count). The van der Waals surface area contributed by atoms with Crippen LogP contribution in [-0.4, -0.2) is 31.8 Å². The van der Waals surface area contributed by atoms with Crippen LogP contribution in [0.2, 0.25) is 10.0 Å². The Morgan fingerprint density at radius 1 is 1.07 bits per heavy atom. The minimum Gasteiger partial charge on any atom is -0.491 e. The van der Waals surface area contributed by atoms with Crippen LogP contribution in [0.15, 0.2) is 42.5 Å². The smallest absolute Gasteiger partial charge is 0.258 e. The maximum Gasteiger partial charge on any atom is 0.258 e. The summed E-state index contributed by atoms with van der Waals surface area (Å²) in [5, 5.41) is 3.63. The Balaban J connectivity index is 1.38. The van der Waals surface area contributed by atoms with Crippen molar-refractivity contribution in [3.63, 3.8) is 0 Å². The summed E-state index contributed by atoms with van der Waals surface area (Å²) in [6.07, 6.45) is 2.34. The lowest BCUT2D eigenvalue weighted by molar-refractivity contribution is -0.123. The average molecular weight is 410 g/mol. The molecule has 0 spiro atoms. The summed E-state index contributed by atoms with van der Waals surface area (Å²) >= 11 is 11.8. The topological polar surface area (TPSA) is 56.8 Å². The molecule has 27 heavy (non-hydrogen) atoms. The molecule has 1 atom stereocenters. The molecule has 1 saturated heterocycles. The third-order valence-corrected chi connectivity index (χ3v) is 4.87. The number of hydrogen-bond acceptors (Lipinski definition) is 4. The van der Waals surface area contributed by atoms with Crippen molar-refractivity contribution in [1.29, 1.82) is 0 Å². The third-order valence-electron chi connectivity index (χ3n) is 4.13. The monoisotopic (exact) mass is 409 g/mol. The second-order valence-electron chi connectivity index (χ2n) is 6.23. The summed E-state index contributed by atoms with van der Waals surface area (Å²) in [6, 6.07) is 12.5. The van der Waals surface area contributed by atoms with Crippen LogP contribution in [0.25, 0.3) is 0 Å². The molecule has 0 aliphatic carbocycles. The maximum absolute atomic E-state index is 11.9. The molecule has 0 aromatic heterocycles. The van der Waals surface area contributed by atoms with Gasteiger partial charge in [-0.2, -0.15) is 0 Å². The van der Waals surface area contributed by atoms with Crippen LogP contribution in [0, 0.1) is 0 Å². The maximum atomic E-state index is 11.9. The summed E-state index contributed by atoms with van der Waals surface area (Å²) < 4.78 is 16.7. The summed E-state index contributed by atoms with van der Waals surface area (Å²) in [4.78, 5) is 11.9. The lowest BCUT2D eigenvalue weighted by Gasteiger charge is -2.12. The van der Waals surface area contributed by atoms with Gasteiger partial charge in [-0.15, -0.1) is 0 Å². The molecule has 144 valence electrons. The largest absolute Gasteiger partial charge is 0.491 e. The first kappa shape index (κ1) is 19.8. The summed E-state index contributed by atoms with van der Waals surface area (Å²) in [5.41, 5.74) is 0.974. The predicted octanol–water partition coefficient (Wildman–Crippen LogP) is 4.25. The molecule has 1 amide bonds. The highest BCUT2D eigenvalue weighted by Gasteiger charge is 2.15. The molecule has 2 aromatic carbocycles. The van der Waals surface area contributed by atoms with Gasteiger partial charge in [-0.25, -0.2) is 0 Å². The van der Waals surface area contributed by atoms with Crippen LogP contribution in [-0.2, 0) is 16.1 Å². The molecule has 1 heterocycles. The van der Waals surface area contributed by atoms with E-state index in [1.54, 1.807) is 18.2 Å². The van der Waals surface area contributed by atoms with Crippen LogP contribution in [0.3, 0.4) is 0 Å². The van der Waals surface area contributed by atoms with Crippen molar-refractivity contribution in [2.75, 3.05) is 19.8 Å². The van der Waals surface area contributed by atoms with E-state index < -0.39 is 0 Å². The third kappa shape index (κ3) is 6.31. The Morgan fingerprint density at radius 3 is 2.56 bits per heavy atom. The first-order valence-corrected chi connectivity index (χ1v) is 9.53. The van der Waals surface area contributed by atoms with E-state index in [1.807, 2.05) is 24.3 Å². The van der Waals surface area contributed by atoms with Gasteiger partial charge in [-0.1, -0.05) is 35.3 Å². The van der Waals surface area contributed by atoms with E-state index in [9.17, 15) is 4.79 Å². The van der Waals surface area contributed by atoms with Gasteiger partial charge in [0.2, 0.25) is 0 Å². The van der Waals surface area contributed by atoms with E-state index in [2.05, 4.69) is 5.32 Å². The number of carbonyl (C=O) groups is 1. The van der Waals surface area contributed by atoms with Gasteiger partial charge in [0.15, 0.2) is 6.61 Å². The minimum atomic E-state index is -0.222. The van der Waals surface area contributed by atoms with E-state index in [1.165, 1.54) is 0 Å². The molecular formula is C20H21Cl2NO4. The van der Waals surface area contributed by atoms with Gasteiger partial charge in [0.1, 0.15) is 18.1 Å². The van der Waals surface area contributed by atoms with Crippen molar-refractivity contribution < 1.29 is 19.0 Å². The number of carbonyl (C=O) groups excluding carboxylic acids is 1. The normalized spacial score (nSPS) is 16.1. The van der Waals surface area contributed by atoms with Gasteiger partial charge < -0.3 is 19.5 Å². The Kier molecular flexibility index (Phi) is 7.21. The first-order chi connectivity index (χ1) is 13.1. The quantitative estimate of drug-likeness (QED) is 0.707. The standard InChI is InChI=1S/C20H21Cl2NO4/c21-18-8-7-16(10-19(18)22)27-13-20(24)23-11-14-3-5-15(6-4-14)26-12-17-2-1-9-25-17/h3-8,10,17H,1-2,9,11-13H2,(H,23,24). The number of hydrogen-bond donors (Lipinski definition) is 1. The second-order valence-corrected chi connectivity index (χ2v) is 7.05. The second kappa shape index (κ2) is 9.83. The Hall–Kier alpha value is -1.95. The number of nitrogens with one attached hydrogen (secondary N) is 1. The van der Waals surface area contributed by atoms with Crippen LogP contribution < -0.4 is 14.8 Å². The summed E-state index contributed by atoms with van der Waals surface area (Å²) in [7, 11) is 0. The molecule has 1 aliphatic rings. The number of amides is 1. The highest BCUT2D eigenvalue weighted by atomic mass is 35.5. The Labute approximate surface area is 168 Å². The van der Waals surface area contributed by atoms with Crippen molar-refractivity contribution in [3.05, 3.63) is 58.1 Å². The van der Waals surface area contributed by atoms with Gasteiger partial charge in [0, 0.05) is 19.2 Å². The van der Waals surface area contributed by atoms with Crippen molar-refractivity contribution in [2.45, 2.75) is 25.5 Å². The lowest BCUT2D eigenvalue weighted by Crippen LogP contribution is -2.28. The van der Waals surface area contributed by atoms with Gasteiger partial charge in [0.25, 0.3) is 5.91 Å². The molecule has 5 nitrogen and oxygen atoms in total. The van der Waals surface area contributed by atoms with Gasteiger partial charge >= 0.3 is 0 Å². The number of halogens is 2. The molecule has 2 aromatic rings. The van der Waals surface area contributed by atoms with Gasteiger partial charge in [-0.3, -0.25) is 4.79 Å². The fourth-order valence-corrected chi connectivity index (χ4v) is 2.92. The molecule has 0 bridgehead atoms. The van der Waals surface area contributed by atoms with E-state index in [-0.39, 0.29) is 18.6 Å². The number of benzene rings is 2. The van der Waals surface area contributed by atoms with Crippen molar-refractivity contribution in [1.82, 2.24) is 5.32 Å². The molecule has 0 saturated carbocycles. The van der Waals surface area contributed by atoms with E-state index >= 15 is 0 Å². The van der Waals surface area contributed by atoms with Crippen LogP contribution in [0.4, 0.5) is 0 Å². The molecule has 1 aliphatic heterocycles. The zero-order valence-electron chi connectivity index (χ0n) is 14.8. The van der Waals surface area contributed by atoms with Crippen LogP contribution >= 0.6 is 23.2 Å². The van der Waals surface area contributed by atoms with Crippen molar-refractivity contribution >= 4 is 29.1 Å². The highest BCUT2D eigenvalue weighted by Crippen LogP contribution is 2.26. The summed E-state index contributed by atoms with van der Waals surface area (Å²) in [6.45, 7) is 1.71. The van der Waals surface area contributed by atoms with E-state index in [0.29, 0.717) is 28.9 Å². The Morgan fingerprint density at radius 2 is 1.85 bits per heavy atom. The lowest BCUT2D eigenvalue weighted by atomic mass is 10.2. The van der Waals surface area contributed by atoms with Crippen LogP contribution in [0.1, 0.15) is 18.4 Å². The van der Waals surface area contributed by atoms with E-state index in [0.717, 1.165) is 30.8 Å². The fourth-order valence-electron chi connectivity index (χ4n) is 2.64. The number of ether oxygens (including phenoxy) is 3. The first-order valence-electron chi connectivity index (χ1n) is 8.78. The minimum absolute atomic E-state index is 0.0967. The molecule has 7 heteroatoms. The van der Waals surface area contributed by atoms with Crippen molar-refractivity contribution in [2.24, 2.45) is 0 Å². The zero-order valence-corrected chi connectivity index (χ0v) is 16.3. The van der Waals surface area contributed by atoms with Gasteiger partial charge in [-0.05, 0) is 42.7 Å². The Bertz CT molecular complexity index is 761. The molecule has 1 fully saturated rings. The zero-order chi connectivity index (χ0) is 19.1. The fraction of sp³-hybridized carbons (Fsp3) is 0.350. The highest BCUT2D eigenvalue weighted by molar-refractivity contribution is 6.42. The molecule has 1 N–H and O–H groups in total. The molecule has 0 radical (unpaired) electrons. The molecule has 1 unspecified atom stereocenters. The van der Waals surface area contributed by atoms with Crippen molar-refractivity contribution in [3.8, 4) is 11.5 Å². The van der Waals surface area contributed by atoms with Gasteiger partial charge in [0.05, 0.1) is 16.1 Å². The molecular weight excluding hydrogens is 389 g/mol. The van der Waals surface area contributed by atoms with E-state index in [4.69, 9.17) is 37.4 Å². The van der Waals surface area contributed by atoms with Crippen LogP contribution in [0.5, 0.6) is 11.5 Å².